The van der Waals surface area contributed by atoms with Gasteiger partial charge in [0, 0.05) is 24.4 Å². The third-order valence-corrected chi connectivity index (χ3v) is 3.75. The maximum absolute atomic E-state index is 5.75. The van der Waals surface area contributed by atoms with E-state index in [0.717, 1.165) is 13.0 Å². The van der Waals surface area contributed by atoms with Crippen molar-refractivity contribution in [3.63, 3.8) is 0 Å². The molecule has 2 nitrogen and oxygen atoms in total. The molecule has 2 aromatic rings. The van der Waals surface area contributed by atoms with E-state index in [4.69, 9.17) is 4.74 Å². The Morgan fingerprint density at radius 3 is 2.50 bits per heavy atom. The highest BCUT2D eigenvalue weighted by Gasteiger charge is 2.37. The van der Waals surface area contributed by atoms with Crippen LogP contribution in [0.25, 0.3) is 11.1 Å². The Hall–Kier alpha value is -1.67. The van der Waals surface area contributed by atoms with Crippen LogP contribution < -0.4 is 0 Å². The first kappa shape index (κ1) is 11.4. The Balaban J connectivity index is 2.09. The molecule has 1 saturated heterocycles. The molecule has 3 rings (SSSR count). The van der Waals surface area contributed by atoms with E-state index in [1.165, 1.54) is 22.3 Å². The fourth-order valence-corrected chi connectivity index (χ4v) is 2.42. The summed E-state index contributed by atoms with van der Waals surface area (Å²) in [4.78, 5) is 4.26. The molecule has 0 saturated carbocycles. The average molecular weight is 239 g/mol. The Bertz CT molecular complexity index is 556. The van der Waals surface area contributed by atoms with Gasteiger partial charge in [-0.15, -0.1) is 0 Å². The first-order valence-electron chi connectivity index (χ1n) is 6.34. The van der Waals surface area contributed by atoms with Crippen molar-refractivity contribution in [1.29, 1.82) is 0 Å². The second-order valence-electron chi connectivity index (χ2n) is 5.12. The number of aromatic nitrogens is 1. The van der Waals surface area contributed by atoms with E-state index in [1.807, 2.05) is 12.4 Å². The zero-order chi connectivity index (χ0) is 12.6. The van der Waals surface area contributed by atoms with E-state index in [1.54, 1.807) is 0 Å². The molecule has 2 heteroatoms. The van der Waals surface area contributed by atoms with Gasteiger partial charge in [0.15, 0.2) is 0 Å². The van der Waals surface area contributed by atoms with Gasteiger partial charge in [-0.1, -0.05) is 29.8 Å². The van der Waals surface area contributed by atoms with Crippen molar-refractivity contribution in [2.45, 2.75) is 25.9 Å². The highest BCUT2D eigenvalue weighted by molar-refractivity contribution is 5.68. The number of hydrogen-bond donors (Lipinski definition) is 0. The van der Waals surface area contributed by atoms with Crippen LogP contribution in [0.15, 0.2) is 42.7 Å². The van der Waals surface area contributed by atoms with Gasteiger partial charge in [0.05, 0.1) is 12.2 Å². The van der Waals surface area contributed by atoms with Crippen molar-refractivity contribution >= 4 is 0 Å². The fourth-order valence-electron chi connectivity index (χ4n) is 2.42. The molecular formula is C16H17NO. The number of benzene rings is 1. The molecule has 1 aromatic heterocycles. The van der Waals surface area contributed by atoms with Gasteiger partial charge in [0.25, 0.3) is 0 Å². The average Bonchev–Trinajstić information content (AvgIpc) is 2.37. The zero-order valence-corrected chi connectivity index (χ0v) is 10.8. The first-order chi connectivity index (χ1) is 8.69. The van der Waals surface area contributed by atoms with Gasteiger partial charge in [-0.25, -0.2) is 0 Å². The van der Waals surface area contributed by atoms with Gasteiger partial charge in [0.2, 0.25) is 0 Å². The fraction of sp³-hybridized carbons (Fsp3) is 0.312. The smallest absolute Gasteiger partial charge is 0.0946 e. The second-order valence-corrected chi connectivity index (χ2v) is 5.12. The molecule has 1 unspecified atom stereocenters. The zero-order valence-electron chi connectivity index (χ0n) is 10.8. The molecular weight excluding hydrogens is 222 g/mol. The van der Waals surface area contributed by atoms with E-state index in [-0.39, 0.29) is 5.60 Å². The summed E-state index contributed by atoms with van der Waals surface area (Å²) in [5.41, 5.74) is 4.77. The number of ether oxygens (including phenoxy) is 1. The summed E-state index contributed by atoms with van der Waals surface area (Å²) in [5, 5.41) is 0. The van der Waals surface area contributed by atoms with Gasteiger partial charge >= 0.3 is 0 Å². The molecule has 1 atom stereocenters. The summed E-state index contributed by atoms with van der Waals surface area (Å²) < 4.78 is 5.75. The Labute approximate surface area is 108 Å². The lowest BCUT2D eigenvalue weighted by molar-refractivity contribution is -0.140. The van der Waals surface area contributed by atoms with Crippen molar-refractivity contribution < 1.29 is 4.74 Å². The molecule has 18 heavy (non-hydrogen) atoms. The quantitative estimate of drug-likeness (QED) is 0.797. The summed E-state index contributed by atoms with van der Waals surface area (Å²) in [6.07, 6.45) is 4.85. The Kier molecular flexibility index (Phi) is 2.67. The molecule has 2 heterocycles. The third kappa shape index (κ3) is 1.83. The normalized spacial score (nSPS) is 22.6. The minimum Gasteiger partial charge on any atom is -0.370 e. The standard InChI is InChI=1S/C16H17NO/c1-12-3-5-13(6-4-12)14-7-9-17-11-15(14)16(2)8-10-18-16/h3-7,9,11H,8,10H2,1-2H3. The number of hydrogen-bond acceptors (Lipinski definition) is 2. The molecule has 0 aliphatic carbocycles. The van der Waals surface area contributed by atoms with Gasteiger partial charge in [-0.05, 0) is 31.0 Å². The van der Waals surface area contributed by atoms with Gasteiger partial charge in [-0.3, -0.25) is 4.98 Å². The molecule has 1 fully saturated rings. The second kappa shape index (κ2) is 4.21. The van der Waals surface area contributed by atoms with E-state index >= 15 is 0 Å². The predicted molar refractivity (Wildman–Crippen MR) is 72.3 cm³/mol. The van der Waals surface area contributed by atoms with Crippen molar-refractivity contribution in [2.24, 2.45) is 0 Å². The van der Waals surface area contributed by atoms with Crippen LogP contribution in [0.1, 0.15) is 24.5 Å². The Morgan fingerprint density at radius 2 is 1.89 bits per heavy atom. The molecule has 0 N–H and O–H groups in total. The minimum absolute atomic E-state index is 0.158. The third-order valence-electron chi connectivity index (χ3n) is 3.75. The maximum Gasteiger partial charge on any atom is 0.0946 e. The van der Waals surface area contributed by atoms with Crippen LogP contribution in [-0.4, -0.2) is 11.6 Å². The summed E-state index contributed by atoms with van der Waals surface area (Å²) >= 11 is 0. The largest absolute Gasteiger partial charge is 0.370 e. The molecule has 1 aliphatic rings. The number of pyridine rings is 1. The molecule has 0 spiro atoms. The molecule has 0 amide bonds. The Morgan fingerprint density at radius 1 is 1.17 bits per heavy atom. The lowest BCUT2D eigenvalue weighted by Crippen LogP contribution is -2.38. The molecule has 0 bridgehead atoms. The van der Waals surface area contributed by atoms with E-state index in [0.29, 0.717) is 0 Å². The maximum atomic E-state index is 5.75. The first-order valence-corrected chi connectivity index (χ1v) is 6.34. The highest BCUT2D eigenvalue weighted by atomic mass is 16.5. The van der Waals surface area contributed by atoms with Crippen LogP contribution in [0, 0.1) is 6.92 Å². The molecule has 1 aromatic carbocycles. The van der Waals surface area contributed by atoms with Crippen LogP contribution in [-0.2, 0) is 10.3 Å². The molecule has 0 radical (unpaired) electrons. The summed E-state index contributed by atoms with van der Waals surface area (Å²) in [5.74, 6) is 0. The van der Waals surface area contributed by atoms with Crippen LogP contribution >= 0.6 is 0 Å². The van der Waals surface area contributed by atoms with Gasteiger partial charge in [-0.2, -0.15) is 0 Å². The topological polar surface area (TPSA) is 22.1 Å². The van der Waals surface area contributed by atoms with Crippen molar-refractivity contribution in [3.05, 3.63) is 53.9 Å². The van der Waals surface area contributed by atoms with Crippen LogP contribution in [0.4, 0.5) is 0 Å². The highest BCUT2D eigenvalue weighted by Crippen LogP contribution is 2.41. The van der Waals surface area contributed by atoms with Crippen LogP contribution in [0.3, 0.4) is 0 Å². The summed E-state index contributed by atoms with van der Waals surface area (Å²) in [6, 6.07) is 10.7. The number of rotatable bonds is 2. The van der Waals surface area contributed by atoms with E-state index in [9.17, 15) is 0 Å². The van der Waals surface area contributed by atoms with E-state index in [2.05, 4.69) is 49.2 Å². The lowest BCUT2D eigenvalue weighted by Gasteiger charge is -2.40. The number of aryl methyl sites for hydroxylation is 1. The minimum atomic E-state index is -0.158. The lowest BCUT2D eigenvalue weighted by atomic mass is 9.84. The summed E-state index contributed by atoms with van der Waals surface area (Å²) in [7, 11) is 0. The molecule has 1 aliphatic heterocycles. The van der Waals surface area contributed by atoms with E-state index < -0.39 is 0 Å². The van der Waals surface area contributed by atoms with Gasteiger partial charge < -0.3 is 4.74 Å². The SMILES string of the molecule is Cc1ccc(-c2ccncc2C2(C)CCO2)cc1. The van der Waals surface area contributed by atoms with Crippen molar-refractivity contribution in [3.8, 4) is 11.1 Å². The van der Waals surface area contributed by atoms with Crippen molar-refractivity contribution in [1.82, 2.24) is 4.98 Å². The van der Waals surface area contributed by atoms with Crippen molar-refractivity contribution in [2.75, 3.05) is 6.61 Å². The summed E-state index contributed by atoms with van der Waals surface area (Å²) in [6.45, 7) is 5.09. The predicted octanol–water partition coefficient (Wildman–Crippen LogP) is 3.69. The van der Waals surface area contributed by atoms with Crippen LogP contribution in [0.2, 0.25) is 0 Å². The monoisotopic (exact) mass is 239 g/mol. The van der Waals surface area contributed by atoms with Gasteiger partial charge in [0.1, 0.15) is 0 Å². The molecule has 92 valence electrons. The number of nitrogens with zero attached hydrogens (tertiary/aromatic N) is 1. The van der Waals surface area contributed by atoms with Crippen LogP contribution in [0.5, 0.6) is 0 Å².